The Morgan fingerprint density at radius 2 is 1.63 bits per heavy atom. The van der Waals surface area contributed by atoms with Crippen LogP contribution in [0.5, 0.6) is 0 Å². The van der Waals surface area contributed by atoms with Crippen LogP contribution < -0.4 is 10.6 Å². The first-order valence-corrected chi connectivity index (χ1v) is 12.8. The summed E-state index contributed by atoms with van der Waals surface area (Å²) in [5.41, 5.74) is 0.312. The molecule has 0 aliphatic rings. The van der Waals surface area contributed by atoms with Gasteiger partial charge in [0.2, 0.25) is 11.8 Å². The van der Waals surface area contributed by atoms with Crippen molar-refractivity contribution in [3.05, 3.63) is 61.2 Å². The summed E-state index contributed by atoms with van der Waals surface area (Å²) >= 11 is 0. The molecule has 9 nitrogen and oxygen atoms in total. The summed E-state index contributed by atoms with van der Waals surface area (Å²) in [5, 5.41) is 15.1. The lowest BCUT2D eigenvalue weighted by Gasteiger charge is -2.21. The smallest absolute Gasteiger partial charge is 0.309 e. The molecule has 1 aromatic rings. The van der Waals surface area contributed by atoms with Crippen LogP contribution in [0.25, 0.3) is 0 Å². The Bertz CT molecular complexity index is 925. The highest BCUT2D eigenvalue weighted by molar-refractivity contribution is 5.86. The van der Waals surface area contributed by atoms with Crippen LogP contribution in [0.2, 0.25) is 0 Å². The van der Waals surface area contributed by atoms with Crippen LogP contribution in [0.4, 0.5) is 0 Å². The number of amides is 2. The quantitative estimate of drug-likeness (QED) is 0.160. The lowest BCUT2D eigenvalue weighted by molar-refractivity contribution is -0.161. The fourth-order valence-corrected chi connectivity index (χ4v) is 3.69. The Balaban J connectivity index is 2.53. The predicted octanol–water partition coefficient (Wildman–Crippen LogP) is 2.87. The maximum Gasteiger partial charge on any atom is 0.309 e. The third-order valence-electron chi connectivity index (χ3n) is 5.43. The minimum absolute atomic E-state index is 0.0420. The monoisotopic (exact) mass is 530 g/mol. The van der Waals surface area contributed by atoms with Crippen LogP contribution in [-0.2, 0) is 35.1 Å². The minimum atomic E-state index is -0.731. The third-order valence-corrected chi connectivity index (χ3v) is 5.43. The lowest BCUT2D eigenvalue weighted by Crippen LogP contribution is -2.42. The van der Waals surface area contributed by atoms with E-state index in [4.69, 9.17) is 9.47 Å². The van der Waals surface area contributed by atoms with Crippen LogP contribution in [0.3, 0.4) is 0 Å². The fraction of sp³-hybridized carbons (Fsp3) is 0.517. The number of hydrogen-bond acceptors (Lipinski definition) is 7. The van der Waals surface area contributed by atoms with Crippen LogP contribution in [-0.4, -0.2) is 60.3 Å². The number of benzene rings is 1. The second-order valence-electron chi connectivity index (χ2n) is 10.0. The molecule has 3 N–H and O–H groups in total. The number of aliphatic hydroxyl groups excluding tert-OH is 1. The maximum absolute atomic E-state index is 12.7. The van der Waals surface area contributed by atoms with Gasteiger partial charge in [-0.25, -0.2) is 0 Å². The molecule has 0 radical (unpaired) electrons. The van der Waals surface area contributed by atoms with Crippen molar-refractivity contribution >= 4 is 23.8 Å². The van der Waals surface area contributed by atoms with E-state index in [0.717, 1.165) is 5.56 Å². The van der Waals surface area contributed by atoms with Gasteiger partial charge in [0.25, 0.3) is 0 Å². The van der Waals surface area contributed by atoms with E-state index in [-0.39, 0.29) is 57.3 Å². The number of allylic oxidation sites excluding steroid dienone is 2. The maximum atomic E-state index is 12.7. The molecule has 0 aliphatic heterocycles. The molecule has 9 heteroatoms. The fourth-order valence-electron chi connectivity index (χ4n) is 3.69. The zero-order valence-corrected chi connectivity index (χ0v) is 22.7. The standard InChI is InChI=1S/C29H42N2O7/c1-6-11-22(18-25(33)31-24(20-32)17-21-13-9-8-10-14-21)27(35)30-15-16-37-28(36)23(12-7-2)19-26(34)38-29(3,4)5/h6-10,13-14,22-24,32H,1-2,11-12,15-20H2,3-5H3,(H,30,35)(H,31,33)/t22-,23-,24-/m0/s1. The van der Waals surface area contributed by atoms with E-state index < -0.39 is 35.4 Å². The first kappa shape index (κ1) is 32.6. The molecular formula is C29H42N2O7. The zero-order chi connectivity index (χ0) is 28.6. The van der Waals surface area contributed by atoms with Gasteiger partial charge in [-0.15, -0.1) is 13.2 Å². The number of carbonyl (C=O) groups is 4. The number of rotatable bonds is 17. The molecule has 0 saturated heterocycles. The van der Waals surface area contributed by atoms with Gasteiger partial charge in [0.05, 0.1) is 37.5 Å². The van der Waals surface area contributed by atoms with E-state index in [0.29, 0.717) is 6.42 Å². The molecule has 0 aliphatic carbocycles. The van der Waals surface area contributed by atoms with Crippen molar-refractivity contribution in [3.8, 4) is 0 Å². The van der Waals surface area contributed by atoms with Gasteiger partial charge in [-0.3, -0.25) is 19.2 Å². The van der Waals surface area contributed by atoms with E-state index in [1.165, 1.54) is 6.08 Å². The lowest BCUT2D eigenvalue weighted by atomic mass is 9.99. The molecular weight excluding hydrogens is 488 g/mol. The number of aliphatic hydroxyl groups is 1. The molecule has 2 amide bonds. The zero-order valence-electron chi connectivity index (χ0n) is 22.7. The molecule has 0 unspecified atom stereocenters. The highest BCUT2D eigenvalue weighted by Gasteiger charge is 2.26. The summed E-state index contributed by atoms with van der Waals surface area (Å²) in [6, 6.07) is 9.00. The SMILES string of the molecule is C=CC[C@@H](CC(=O)N[C@H](CO)Cc1ccccc1)C(=O)NCCOC(=O)[C@@H](CC=C)CC(=O)OC(C)(C)C. The Labute approximate surface area is 225 Å². The first-order valence-electron chi connectivity index (χ1n) is 12.8. The van der Waals surface area contributed by atoms with Gasteiger partial charge >= 0.3 is 11.9 Å². The number of esters is 2. The van der Waals surface area contributed by atoms with Gasteiger partial charge in [-0.1, -0.05) is 42.5 Å². The topological polar surface area (TPSA) is 131 Å². The Morgan fingerprint density at radius 3 is 2.21 bits per heavy atom. The van der Waals surface area contributed by atoms with E-state index in [1.807, 2.05) is 30.3 Å². The van der Waals surface area contributed by atoms with Crippen molar-refractivity contribution < 1.29 is 33.8 Å². The molecule has 1 aromatic carbocycles. The van der Waals surface area contributed by atoms with Crippen molar-refractivity contribution in [1.29, 1.82) is 0 Å². The highest BCUT2D eigenvalue weighted by atomic mass is 16.6. The van der Waals surface area contributed by atoms with Gasteiger partial charge in [-0.2, -0.15) is 0 Å². The number of ether oxygens (including phenoxy) is 2. The van der Waals surface area contributed by atoms with E-state index in [1.54, 1.807) is 26.8 Å². The Kier molecular flexibility index (Phi) is 14.7. The molecule has 1 rings (SSSR count). The summed E-state index contributed by atoms with van der Waals surface area (Å²) < 4.78 is 10.5. The number of nitrogens with one attached hydrogen (secondary N) is 2. The second kappa shape index (κ2) is 17.1. The molecule has 38 heavy (non-hydrogen) atoms. The normalized spacial score (nSPS) is 13.4. The summed E-state index contributed by atoms with van der Waals surface area (Å²) in [6.45, 7) is 12.2. The largest absolute Gasteiger partial charge is 0.464 e. The van der Waals surface area contributed by atoms with Crippen molar-refractivity contribution in [2.45, 2.75) is 64.5 Å². The average molecular weight is 531 g/mol. The summed E-state index contributed by atoms with van der Waals surface area (Å²) in [7, 11) is 0. The number of hydrogen-bond donors (Lipinski definition) is 3. The van der Waals surface area contributed by atoms with Crippen molar-refractivity contribution in [2.24, 2.45) is 11.8 Å². The van der Waals surface area contributed by atoms with Crippen molar-refractivity contribution in [3.63, 3.8) is 0 Å². The molecule has 0 aromatic heterocycles. The van der Waals surface area contributed by atoms with Gasteiger partial charge in [0.15, 0.2) is 0 Å². The molecule has 0 fully saturated rings. The second-order valence-corrected chi connectivity index (χ2v) is 10.0. The van der Waals surface area contributed by atoms with Crippen molar-refractivity contribution in [1.82, 2.24) is 10.6 Å². The highest BCUT2D eigenvalue weighted by Crippen LogP contribution is 2.16. The summed E-state index contributed by atoms with van der Waals surface area (Å²) in [6.07, 6.45) is 3.86. The van der Waals surface area contributed by atoms with E-state index in [2.05, 4.69) is 23.8 Å². The summed E-state index contributed by atoms with van der Waals surface area (Å²) in [5.74, 6) is -3.22. The molecule has 0 saturated carbocycles. The Hall–Kier alpha value is -3.46. The summed E-state index contributed by atoms with van der Waals surface area (Å²) in [4.78, 5) is 49.8. The third kappa shape index (κ3) is 13.7. The molecule has 0 bridgehead atoms. The van der Waals surface area contributed by atoms with Crippen LogP contribution >= 0.6 is 0 Å². The van der Waals surface area contributed by atoms with Crippen LogP contribution in [0.1, 0.15) is 52.0 Å². The molecule has 0 heterocycles. The average Bonchev–Trinajstić information content (AvgIpc) is 2.84. The van der Waals surface area contributed by atoms with Crippen LogP contribution in [0.15, 0.2) is 55.6 Å². The van der Waals surface area contributed by atoms with Gasteiger partial charge in [0.1, 0.15) is 12.2 Å². The first-order chi connectivity index (χ1) is 18.0. The van der Waals surface area contributed by atoms with E-state index >= 15 is 0 Å². The molecule has 3 atom stereocenters. The van der Waals surface area contributed by atoms with Crippen LogP contribution in [0, 0.1) is 11.8 Å². The van der Waals surface area contributed by atoms with Crippen molar-refractivity contribution in [2.75, 3.05) is 19.8 Å². The van der Waals surface area contributed by atoms with Gasteiger partial charge < -0.3 is 25.2 Å². The minimum Gasteiger partial charge on any atom is -0.464 e. The van der Waals surface area contributed by atoms with E-state index in [9.17, 15) is 24.3 Å². The van der Waals surface area contributed by atoms with Gasteiger partial charge in [0, 0.05) is 6.42 Å². The predicted molar refractivity (Wildman–Crippen MR) is 145 cm³/mol. The molecule has 0 spiro atoms. The van der Waals surface area contributed by atoms with Gasteiger partial charge in [-0.05, 0) is 45.6 Å². The number of carbonyl (C=O) groups excluding carboxylic acids is 4. The molecule has 210 valence electrons. The Morgan fingerprint density at radius 1 is 1.00 bits per heavy atom.